The van der Waals surface area contributed by atoms with Gasteiger partial charge in [-0.3, -0.25) is 9.59 Å². The van der Waals surface area contributed by atoms with Crippen molar-refractivity contribution >= 4 is 44.5 Å². The van der Waals surface area contributed by atoms with Gasteiger partial charge in [0.2, 0.25) is 0 Å². The molecular formula is C29H23BrFN7O2. The van der Waals surface area contributed by atoms with Crippen LogP contribution in [-0.2, 0) is 0 Å². The maximum atomic E-state index is 14.6. The number of carbonyl (C=O) groups excluding carboxylic acids is 2. The maximum absolute atomic E-state index is 14.6. The second-order valence-electron chi connectivity index (χ2n) is 10.2. The highest BCUT2D eigenvalue weighted by Gasteiger charge is 2.60. The fourth-order valence-electron chi connectivity index (χ4n) is 5.80. The van der Waals surface area contributed by atoms with Crippen molar-refractivity contribution < 1.29 is 14.0 Å². The summed E-state index contributed by atoms with van der Waals surface area (Å²) in [4.78, 5) is 35.7. The number of halogens is 2. The third kappa shape index (κ3) is 4.08. The molecule has 11 heteroatoms. The molecule has 2 aliphatic rings. The van der Waals surface area contributed by atoms with Crippen LogP contribution in [0.5, 0.6) is 0 Å². The van der Waals surface area contributed by atoms with Gasteiger partial charge in [0, 0.05) is 29.3 Å². The second kappa shape index (κ2) is 9.37. The largest absolute Gasteiger partial charge is 0.345 e. The lowest BCUT2D eigenvalue weighted by molar-refractivity contribution is 0.0708. The number of likely N-dealkylation sites (tertiary alicyclic amines) is 1. The predicted molar refractivity (Wildman–Crippen MR) is 150 cm³/mol. The standard InChI is InChI=1S/C29H23BrFN7O2/c30-21-5-2-6-25(26(21)31)38-15-24(35-36-38)20-9-12-37(29(20)10-11-29)28(40)18-3-1-4-19(13-18)34-27(39)17-7-8-22-23(14-17)33-16-32-22/h1-8,13-16,20H,9-12H2,(H,32,33)(H,34,39). The third-order valence-electron chi connectivity index (χ3n) is 7.93. The van der Waals surface area contributed by atoms with E-state index in [-0.39, 0.29) is 23.3 Å². The van der Waals surface area contributed by atoms with E-state index >= 15 is 0 Å². The molecule has 3 aromatic carbocycles. The molecule has 2 fully saturated rings. The van der Waals surface area contributed by atoms with Crippen molar-refractivity contribution in [2.24, 2.45) is 0 Å². The Balaban J connectivity index is 1.09. The average molecular weight is 600 g/mol. The minimum atomic E-state index is -0.405. The number of aromatic nitrogens is 5. The molecule has 1 unspecified atom stereocenters. The zero-order chi connectivity index (χ0) is 27.4. The molecule has 2 aromatic heterocycles. The summed E-state index contributed by atoms with van der Waals surface area (Å²) in [5.41, 5.74) is 3.83. The van der Waals surface area contributed by atoms with Crippen molar-refractivity contribution in [2.75, 3.05) is 11.9 Å². The predicted octanol–water partition coefficient (Wildman–Crippen LogP) is 5.46. The maximum Gasteiger partial charge on any atom is 0.255 e. The number of hydrogen-bond acceptors (Lipinski definition) is 5. The number of H-pyrrole nitrogens is 1. The second-order valence-corrected chi connectivity index (χ2v) is 11.1. The van der Waals surface area contributed by atoms with E-state index in [1.165, 1.54) is 4.68 Å². The van der Waals surface area contributed by atoms with Crippen molar-refractivity contribution in [1.82, 2.24) is 29.9 Å². The van der Waals surface area contributed by atoms with Gasteiger partial charge in [-0.2, -0.15) is 0 Å². The van der Waals surface area contributed by atoms with E-state index in [9.17, 15) is 14.0 Å². The monoisotopic (exact) mass is 599 g/mol. The van der Waals surface area contributed by atoms with Gasteiger partial charge >= 0.3 is 0 Å². The number of hydrogen-bond donors (Lipinski definition) is 2. The molecule has 7 rings (SSSR count). The molecular weight excluding hydrogens is 577 g/mol. The van der Waals surface area contributed by atoms with Gasteiger partial charge in [-0.05, 0) is 83.7 Å². The molecule has 5 aromatic rings. The Morgan fingerprint density at radius 1 is 1.07 bits per heavy atom. The van der Waals surface area contributed by atoms with Crippen LogP contribution in [0.1, 0.15) is 51.6 Å². The summed E-state index contributed by atoms with van der Waals surface area (Å²) in [5, 5.41) is 11.5. The first kappa shape index (κ1) is 24.6. The van der Waals surface area contributed by atoms with Crippen molar-refractivity contribution in [3.8, 4) is 5.69 Å². The van der Waals surface area contributed by atoms with E-state index in [0.29, 0.717) is 33.5 Å². The molecule has 1 aliphatic heterocycles. The molecule has 0 bridgehead atoms. The molecule has 2 amide bonds. The summed E-state index contributed by atoms with van der Waals surface area (Å²) in [5.74, 6) is -0.746. The van der Waals surface area contributed by atoms with Gasteiger partial charge in [-0.25, -0.2) is 14.1 Å². The van der Waals surface area contributed by atoms with Crippen LogP contribution >= 0.6 is 15.9 Å². The fraction of sp³-hybridized carbons (Fsp3) is 0.207. The van der Waals surface area contributed by atoms with Gasteiger partial charge in [0.05, 0.1) is 39.3 Å². The summed E-state index contributed by atoms with van der Waals surface area (Å²) >= 11 is 3.22. The zero-order valence-electron chi connectivity index (χ0n) is 21.1. The average Bonchev–Trinajstić information content (AvgIpc) is 3.28. The number of amides is 2. The van der Waals surface area contributed by atoms with Crippen molar-refractivity contribution in [3.63, 3.8) is 0 Å². The van der Waals surface area contributed by atoms with Gasteiger partial charge in [0.1, 0.15) is 5.69 Å². The Morgan fingerprint density at radius 2 is 1.93 bits per heavy atom. The Bertz CT molecular complexity index is 1790. The minimum absolute atomic E-state index is 0.0145. The Labute approximate surface area is 236 Å². The van der Waals surface area contributed by atoms with Crippen molar-refractivity contribution in [1.29, 1.82) is 0 Å². The molecule has 200 valence electrons. The lowest BCUT2D eigenvalue weighted by atomic mass is 9.94. The van der Waals surface area contributed by atoms with Gasteiger partial charge in [0.15, 0.2) is 5.82 Å². The molecule has 3 heterocycles. The fourth-order valence-corrected chi connectivity index (χ4v) is 6.16. The van der Waals surface area contributed by atoms with E-state index in [4.69, 9.17) is 0 Å². The molecule has 1 aliphatic carbocycles. The van der Waals surface area contributed by atoms with Crippen LogP contribution < -0.4 is 5.32 Å². The summed E-state index contributed by atoms with van der Waals surface area (Å²) in [6.45, 7) is 0.586. The van der Waals surface area contributed by atoms with Crippen molar-refractivity contribution in [2.45, 2.75) is 30.7 Å². The van der Waals surface area contributed by atoms with E-state index in [2.05, 4.69) is 41.5 Å². The molecule has 2 N–H and O–H groups in total. The normalized spacial score (nSPS) is 17.4. The number of imidazole rings is 1. The summed E-state index contributed by atoms with van der Waals surface area (Å²) in [6.07, 6.45) is 5.83. The number of aromatic amines is 1. The zero-order valence-corrected chi connectivity index (χ0v) is 22.7. The van der Waals surface area contributed by atoms with E-state index in [1.54, 1.807) is 73.2 Å². The third-order valence-corrected chi connectivity index (χ3v) is 8.54. The quantitative estimate of drug-likeness (QED) is 0.279. The van der Waals surface area contributed by atoms with Crippen LogP contribution in [0.2, 0.25) is 0 Å². The number of anilines is 1. The first-order chi connectivity index (χ1) is 19.4. The Kier molecular flexibility index (Phi) is 5.77. The first-order valence-corrected chi connectivity index (χ1v) is 13.8. The lowest BCUT2D eigenvalue weighted by Crippen LogP contribution is -2.39. The first-order valence-electron chi connectivity index (χ1n) is 13.0. The molecule has 1 atom stereocenters. The van der Waals surface area contributed by atoms with E-state index < -0.39 is 5.82 Å². The number of rotatable bonds is 5. The van der Waals surface area contributed by atoms with Gasteiger partial charge in [0.25, 0.3) is 11.8 Å². The van der Waals surface area contributed by atoms with Gasteiger partial charge in [-0.1, -0.05) is 17.3 Å². The molecule has 40 heavy (non-hydrogen) atoms. The molecule has 9 nitrogen and oxygen atoms in total. The van der Waals surface area contributed by atoms with Gasteiger partial charge in [-0.15, -0.1) is 5.10 Å². The molecule has 1 spiro atoms. The van der Waals surface area contributed by atoms with Crippen LogP contribution in [0.4, 0.5) is 10.1 Å². The topological polar surface area (TPSA) is 109 Å². The number of carbonyl (C=O) groups is 2. The number of nitrogens with zero attached hydrogens (tertiary/aromatic N) is 5. The molecule has 0 radical (unpaired) electrons. The number of benzene rings is 3. The van der Waals surface area contributed by atoms with Crippen LogP contribution in [0.25, 0.3) is 16.7 Å². The van der Waals surface area contributed by atoms with E-state index in [0.717, 1.165) is 36.0 Å². The highest BCUT2D eigenvalue weighted by Crippen LogP contribution is 2.57. The SMILES string of the molecule is O=C(Nc1cccc(C(=O)N2CCC(c3cn(-c4cccc(Br)c4F)nn3)C23CC3)c1)c1ccc2nc[nH]c2c1. The highest BCUT2D eigenvalue weighted by atomic mass is 79.9. The highest BCUT2D eigenvalue weighted by molar-refractivity contribution is 9.10. The number of nitrogens with one attached hydrogen (secondary N) is 2. The smallest absolute Gasteiger partial charge is 0.255 e. The molecule has 1 saturated heterocycles. The van der Waals surface area contributed by atoms with E-state index in [1.807, 2.05) is 4.90 Å². The molecule has 1 saturated carbocycles. The Morgan fingerprint density at radius 3 is 2.77 bits per heavy atom. The minimum Gasteiger partial charge on any atom is -0.345 e. The lowest BCUT2D eigenvalue weighted by Gasteiger charge is -2.27. The summed E-state index contributed by atoms with van der Waals surface area (Å²) in [7, 11) is 0. The Hall–Kier alpha value is -4.38. The van der Waals surface area contributed by atoms with Crippen LogP contribution in [0, 0.1) is 5.82 Å². The number of fused-ring (bicyclic) bond motifs is 1. The van der Waals surface area contributed by atoms with Crippen LogP contribution in [0.3, 0.4) is 0 Å². The van der Waals surface area contributed by atoms with Gasteiger partial charge < -0.3 is 15.2 Å². The van der Waals surface area contributed by atoms with Crippen LogP contribution in [0.15, 0.2) is 77.7 Å². The summed E-state index contributed by atoms with van der Waals surface area (Å²) < 4.78 is 16.4. The van der Waals surface area contributed by atoms with Crippen LogP contribution in [-0.4, -0.2) is 53.8 Å². The summed E-state index contributed by atoms with van der Waals surface area (Å²) in [6, 6.07) is 17.3. The van der Waals surface area contributed by atoms with Crippen molar-refractivity contribution in [3.05, 3.63) is 100 Å².